The van der Waals surface area contributed by atoms with Crippen molar-refractivity contribution in [3.63, 3.8) is 0 Å². The van der Waals surface area contributed by atoms with E-state index in [-0.39, 0.29) is 6.61 Å². The van der Waals surface area contributed by atoms with Gasteiger partial charge in [-0.1, -0.05) is 13.3 Å². The summed E-state index contributed by atoms with van der Waals surface area (Å²) in [7, 11) is 0. The molecule has 0 aliphatic carbocycles. The summed E-state index contributed by atoms with van der Waals surface area (Å²) in [5.41, 5.74) is 0. The lowest BCUT2D eigenvalue weighted by Gasteiger charge is -2.04. The molecule has 0 spiro atoms. The molecule has 3 heteroatoms. The van der Waals surface area contributed by atoms with Crippen LogP contribution in [-0.2, 0) is 12.8 Å². The van der Waals surface area contributed by atoms with Crippen LogP contribution in [0.1, 0.15) is 29.5 Å². The van der Waals surface area contributed by atoms with Gasteiger partial charge in [0.05, 0.1) is 12.7 Å². The van der Waals surface area contributed by atoms with Gasteiger partial charge in [0.1, 0.15) is 0 Å². The van der Waals surface area contributed by atoms with E-state index in [9.17, 15) is 5.11 Å². The van der Waals surface area contributed by atoms with E-state index in [0.29, 0.717) is 6.42 Å². The van der Waals surface area contributed by atoms with Crippen molar-refractivity contribution in [2.45, 2.75) is 38.7 Å². The molecule has 2 nitrogen and oxygen atoms in total. The molecule has 80 valence electrons. The molecule has 1 aromatic rings. The molecule has 0 aliphatic heterocycles. The van der Waals surface area contributed by atoms with Crippen molar-refractivity contribution < 1.29 is 10.2 Å². The molecule has 0 fully saturated rings. The van der Waals surface area contributed by atoms with Gasteiger partial charge >= 0.3 is 0 Å². The molecular weight excluding hydrogens is 196 g/mol. The van der Waals surface area contributed by atoms with Crippen molar-refractivity contribution in [2.75, 3.05) is 6.61 Å². The Kier molecular flexibility index (Phi) is 5.15. The van der Waals surface area contributed by atoms with Gasteiger partial charge in [-0.15, -0.1) is 11.3 Å². The van der Waals surface area contributed by atoms with Gasteiger partial charge in [0.15, 0.2) is 0 Å². The lowest BCUT2D eigenvalue weighted by molar-refractivity contribution is 0.0887. The van der Waals surface area contributed by atoms with Gasteiger partial charge in [-0.05, 0) is 31.4 Å². The van der Waals surface area contributed by atoms with Crippen molar-refractivity contribution >= 4 is 11.3 Å². The summed E-state index contributed by atoms with van der Waals surface area (Å²) < 4.78 is 0. The Morgan fingerprint density at radius 1 is 1.29 bits per heavy atom. The van der Waals surface area contributed by atoms with Gasteiger partial charge in [0.2, 0.25) is 0 Å². The van der Waals surface area contributed by atoms with Crippen LogP contribution in [0.4, 0.5) is 0 Å². The SMILES string of the molecule is CCCc1ccc(CCC(O)CO)s1. The highest BCUT2D eigenvalue weighted by molar-refractivity contribution is 7.11. The van der Waals surface area contributed by atoms with E-state index in [0.717, 1.165) is 12.8 Å². The number of hydrogen-bond acceptors (Lipinski definition) is 3. The Morgan fingerprint density at radius 2 is 1.93 bits per heavy atom. The fourth-order valence-electron chi connectivity index (χ4n) is 1.34. The van der Waals surface area contributed by atoms with Crippen LogP contribution in [0.2, 0.25) is 0 Å². The molecule has 1 unspecified atom stereocenters. The van der Waals surface area contributed by atoms with Crippen LogP contribution >= 0.6 is 11.3 Å². The summed E-state index contributed by atoms with van der Waals surface area (Å²) in [5, 5.41) is 17.8. The van der Waals surface area contributed by atoms with Gasteiger partial charge < -0.3 is 10.2 Å². The number of aliphatic hydroxyl groups is 2. The fourth-order valence-corrected chi connectivity index (χ4v) is 2.47. The van der Waals surface area contributed by atoms with Gasteiger partial charge in [0.25, 0.3) is 0 Å². The number of rotatable bonds is 6. The lowest BCUT2D eigenvalue weighted by atomic mass is 10.2. The normalized spacial score (nSPS) is 13.1. The zero-order valence-corrected chi connectivity index (χ0v) is 9.39. The van der Waals surface area contributed by atoms with Gasteiger partial charge in [-0.3, -0.25) is 0 Å². The average Bonchev–Trinajstić information content (AvgIpc) is 2.63. The first-order valence-corrected chi connectivity index (χ1v) is 5.94. The summed E-state index contributed by atoms with van der Waals surface area (Å²) in [4.78, 5) is 2.72. The first-order chi connectivity index (χ1) is 6.76. The monoisotopic (exact) mass is 214 g/mol. The molecule has 0 radical (unpaired) electrons. The number of thiophene rings is 1. The Labute approximate surface area is 89.2 Å². The van der Waals surface area contributed by atoms with E-state index in [4.69, 9.17) is 5.11 Å². The zero-order valence-electron chi connectivity index (χ0n) is 8.57. The second-order valence-electron chi connectivity index (χ2n) is 3.49. The van der Waals surface area contributed by atoms with E-state index in [1.807, 2.05) is 11.3 Å². The first-order valence-electron chi connectivity index (χ1n) is 5.12. The second kappa shape index (κ2) is 6.17. The molecule has 1 rings (SSSR count). The molecule has 0 aromatic carbocycles. The number of hydrogen-bond donors (Lipinski definition) is 2. The lowest BCUT2D eigenvalue weighted by Crippen LogP contribution is -2.12. The molecule has 0 amide bonds. The molecule has 14 heavy (non-hydrogen) atoms. The van der Waals surface area contributed by atoms with Crippen molar-refractivity contribution in [3.05, 3.63) is 21.9 Å². The summed E-state index contributed by atoms with van der Waals surface area (Å²) in [6, 6.07) is 4.29. The Balaban J connectivity index is 2.35. The third kappa shape index (κ3) is 3.78. The highest BCUT2D eigenvalue weighted by atomic mass is 32.1. The van der Waals surface area contributed by atoms with Crippen molar-refractivity contribution in [2.24, 2.45) is 0 Å². The van der Waals surface area contributed by atoms with E-state index >= 15 is 0 Å². The van der Waals surface area contributed by atoms with E-state index in [1.54, 1.807) is 0 Å². The van der Waals surface area contributed by atoms with Crippen LogP contribution in [0.25, 0.3) is 0 Å². The fraction of sp³-hybridized carbons (Fsp3) is 0.636. The second-order valence-corrected chi connectivity index (χ2v) is 4.75. The molecular formula is C11H18O2S. The molecule has 0 saturated carbocycles. The third-order valence-electron chi connectivity index (χ3n) is 2.15. The van der Waals surface area contributed by atoms with E-state index in [2.05, 4.69) is 19.1 Å². The van der Waals surface area contributed by atoms with Gasteiger partial charge in [-0.25, -0.2) is 0 Å². The number of aryl methyl sites for hydroxylation is 2. The van der Waals surface area contributed by atoms with Gasteiger partial charge in [-0.2, -0.15) is 0 Å². The van der Waals surface area contributed by atoms with Gasteiger partial charge in [0, 0.05) is 9.75 Å². The summed E-state index contributed by atoms with van der Waals surface area (Å²) in [5.74, 6) is 0. The average molecular weight is 214 g/mol. The predicted octanol–water partition coefficient (Wildman–Crippen LogP) is 1.99. The molecule has 2 N–H and O–H groups in total. The van der Waals surface area contributed by atoms with Crippen LogP contribution in [-0.4, -0.2) is 22.9 Å². The van der Waals surface area contributed by atoms with Crippen LogP contribution in [0.5, 0.6) is 0 Å². The third-order valence-corrected chi connectivity index (χ3v) is 3.35. The Hall–Kier alpha value is -0.380. The van der Waals surface area contributed by atoms with E-state index < -0.39 is 6.10 Å². The largest absolute Gasteiger partial charge is 0.394 e. The van der Waals surface area contributed by atoms with Crippen LogP contribution in [0.3, 0.4) is 0 Å². The standard InChI is InChI=1S/C11H18O2S/c1-2-3-10-6-7-11(14-10)5-4-9(13)8-12/h6-7,9,12-13H,2-5,8H2,1H3. The maximum atomic E-state index is 9.18. The quantitative estimate of drug-likeness (QED) is 0.760. The maximum Gasteiger partial charge on any atom is 0.0774 e. The Bertz CT molecular complexity index is 258. The van der Waals surface area contributed by atoms with Crippen LogP contribution in [0.15, 0.2) is 12.1 Å². The summed E-state index contributed by atoms with van der Waals surface area (Å²) in [6.45, 7) is 2.04. The molecule has 1 atom stereocenters. The van der Waals surface area contributed by atoms with Crippen molar-refractivity contribution in [1.29, 1.82) is 0 Å². The van der Waals surface area contributed by atoms with E-state index in [1.165, 1.54) is 16.2 Å². The minimum atomic E-state index is -0.563. The minimum absolute atomic E-state index is 0.132. The summed E-state index contributed by atoms with van der Waals surface area (Å²) in [6.07, 6.45) is 3.29. The topological polar surface area (TPSA) is 40.5 Å². The molecule has 0 bridgehead atoms. The van der Waals surface area contributed by atoms with Crippen molar-refractivity contribution in [3.8, 4) is 0 Å². The molecule has 0 saturated heterocycles. The number of aliphatic hydroxyl groups excluding tert-OH is 2. The summed E-state index contributed by atoms with van der Waals surface area (Å²) >= 11 is 1.82. The first kappa shape index (κ1) is 11.7. The van der Waals surface area contributed by atoms with Crippen LogP contribution in [0, 0.1) is 0 Å². The molecule has 1 heterocycles. The maximum absolute atomic E-state index is 9.18. The molecule has 0 aliphatic rings. The highest BCUT2D eigenvalue weighted by Gasteiger charge is 2.04. The molecule has 1 aromatic heterocycles. The Morgan fingerprint density at radius 3 is 2.50 bits per heavy atom. The smallest absolute Gasteiger partial charge is 0.0774 e. The minimum Gasteiger partial charge on any atom is -0.394 e. The zero-order chi connectivity index (χ0) is 10.4. The van der Waals surface area contributed by atoms with Crippen molar-refractivity contribution in [1.82, 2.24) is 0 Å². The highest BCUT2D eigenvalue weighted by Crippen LogP contribution is 2.19. The predicted molar refractivity (Wildman–Crippen MR) is 59.7 cm³/mol. The van der Waals surface area contributed by atoms with Crippen LogP contribution < -0.4 is 0 Å².